The van der Waals surface area contributed by atoms with Gasteiger partial charge in [-0.2, -0.15) is 0 Å². The number of fused-ring (bicyclic) bond motifs is 1. The lowest BCUT2D eigenvalue weighted by molar-refractivity contribution is -0.131. The SMILES string of the molecule is CN(C(=O)c1cccc(NC(=O)C2Oc3ccccc3O2)c1)C1CCCCC1. The number of anilines is 1. The number of nitrogens with zero attached hydrogens (tertiary/aromatic N) is 1. The maximum absolute atomic E-state index is 12.9. The van der Waals surface area contributed by atoms with E-state index >= 15 is 0 Å². The van der Waals surface area contributed by atoms with Crippen molar-refractivity contribution in [3.05, 3.63) is 54.1 Å². The lowest BCUT2D eigenvalue weighted by atomic mass is 9.94. The molecular weight excluding hydrogens is 356 g/mol. The minimum Gasteiger partial charge on any atom is -0.442 e. The summed E-state index contributed by atoms with van der Waals surface area (Å²) in [5, 5.41) is 2.77. The molecule has 6 heteroatoms. The quantitative estimate of drug-likeness (QED) is 0.875. The van der Waals surface area contributed by atoms with Crippen LogP contribution in [0, 0.1) is 0 Å². The van der Waals surface area contributed by atoms with E-state index in [4.69, 9.17) is 9.47 Å². The van der Waals surface area contributed by atoms with Crippen molar-refractivity contribution in [2.45, 2.75) is 44.4 Å². The Morgan fingerprint density at radius 1 is 0.964 bits per heavy atom. The molecule has 0 radical (unpaired) electrons. The van der Waals surface area contributed by atoms with E-state index in [-0.39, 0.29) is 5.91 Å². The van der Waals surface area contributed by atoms with Gasteiger partial charge in [0.2, 0.25) is 0 Å². The Bertz CT molecular complexity index is 851. The molecule has 1 fully saturated rings. The highest BCUT2D eigenvalue weighted by Crippen LogP contribution is 2.34. The topological polar surface area (TPSA) is 67.9 Å². The van der Waals surface area contributed by atoms with Gasteiger partial charge in [-0.15, -0.1) is 0 Å². The zero-order valence-electron chi connectivity index (χ0n) is 15.9. The Morgan fingerprint density at radius 3 is 2.32 bits per heavy atom. The third-order valence-corrected chi connectivity index (χ3v) is 5.35. The summed E-state index contributed by atoms with van der Waals surface area (Å²) >= 11 is 0. The number of para-hydroxylation sites is 2. The fourth-order valence-corrected chi connectivity index (χ4v) is 3.78. The van der Waals surface area contributed by atoms with Gasteiger partial charge in [-0.3, -0.25) is 9.59 Å². The lowest BCUT2D eigenvalue weighted by Crippen LogP contribution is -2.38. The molecule has 28 heavy (non-hydrogen) atoms. The van der Waals surface area contributed by atoms with Crippen LogP contribution in [0.4, 0.5) is 5.69 Å². The molecule has 1 heterocycles. The van der Waals surface area contributed by atoms with E-state index in [0.717, 1.165) is 12.8 Å². The van der Waals surface area contributed by atoms with Crippen molar-refractivity contribution < 1.29 is 19.1 Å². The van der Waals surface area contributed by atoms with Crippen LogP contribution in [-0.4, -0.2) is 36.1 Å². The van der Waals surface area contributed by atoms with Crippen molar-refractivity contribution in [3.63, 3.8) is 0 Å². The van der Waals surface area contributed by atoms with Crippen LogP contribution >= 0.6 is 0 Å². The largest absolute Gasteiger partial charge is 0.442 e. The second kappa shape index (κ2) is 7.92. The van der Waals surface area contributed by atoms with E-state index in [2.05, 4.69) is 5.32 Å². The van der Waals surface area contributed by atoms with E-state index < -0.39 is 12.2 Å². The van der Waals surface area contributed by atoms with Gasteiger partial charge in [0.1, 0.15) is 0 Å². The minimum atomic E-state index is -1.04. The summed E-state index contributed by atoms with van der Waals surface area (Å²) < 4.78 is 11.1. The normalized spacial score (nSPS) is 16.6. The van der Waals surface area contributed by atoms with E-state index in [1.165, 1.54) is 19.3 Å². The van der Waals surface area contributed by atoms with Crippen molar-refractivity contribution in [1.82, 2.24) is 4.90 Å². The number of benzene rings is 2. The van der Waals surface area contributed by atoms with Gasteiger partial charge in [0.15, 0.2) is 11.5 Å². The van der Waals surface area contributed by atoms with Crippen molar-refractivity contribution >= 4 is 17.5 Å². The zero-order valence-corrected chi connectivity index (χ0v) is 15.9. The summed E-state index contributed by atoms with van der Waals surface area (Å²) in [6, 6.07) is 14.4. The van der Waals surface area contributed by atoms with Crippen LogP contribution in [0.1, 0.15) is 42.5 Å². The Balaban J connectivity index is 1.41. The van der Waals surface area contributed by atoms with E-state index in [1.54, 1.807) is 36.4 Å². The molecule has 1 aliphatic carbocycles. The number of carbonyl (C=O) groups excluding carboxylic acids is 2. The van der Waals surface area contributed by atoms with Gasteiger partial charge in [0, 0.05) is 24.3 Å². The highest BCUT2D eigenvalue weighted by molar-refractivity contribution is 5.98. The first kappa shape index (κ1) is 18.3. The molecule has 2 aliphatic rings. The van der Waals surface area contributed by atoms with Crippen molar-refractivity contribution in [2.75, 3.05) is 12.4 Å². The average Bonchev–Trinajstić information content (AvgIpc) is 3.18. The third kappa shape index (κ3) is 3.81. The molecule has 2 aromatic carbocycles. The Hall–Kier alpha value is -3.02. The molecule has 4 rings (SSSR count). The summed E-state index contributed by atoms with van der Waals surface area (Å²) in [6.45, 7) is 0. The number of hydrogen-bond donors (Lipinski definition) is 1. The van der Waals surface area contributed by atoms with E-state index in [9.17, 15) is 9.59 Å². The summed E-state index contributed by atoms with van der Waals surface area (Å²) in [5.74, 6) is 0.645. The summed E-state index contributed by atoms with van der Waals surface area (Å²) in [4.78, 5) is 27.2. The van der Waals surface area contributed by atoms with Gasteiger partial charge >= 0.3 is 12.2 Å². The number of carbonyl (C=O) groups is 2. The molecule has 0 spiro atoms. The van der Waals surface area contributed by atoms with Crippen LogP contribution < -0.4 is 14.8 Å². The van der Waals surface area contributed by atoms with E-state index in [1.807, 2.05) is 24.1 Å². The van der Waals surface area contributed by atoms with Crippen LogP contribution in [0.25, 0.3) is 0 Å². The molecule has 2 aromatic rings. The first-order chi connectivity index (χ1) is 13.6. The second-order valence-corrected chi connectivity index (χ2v) is 7.29. The fraction of sp³-hybridized carbons (Fsp3) is 0.364. The van der Waals surface area contributed by atoms with Crippen LogP contribution in [0.15, 0.2) is 48.5 Å². The van der Waals surface area contributed by atoms with Crippen molar-refractivity contribution in [3.8, 4) is 11.5 Å². The molecule has 6 nitrogen and oxygen atoms in total. The maximum atomic E-state index is 12.9. The first-order valence-electron chi connectivity index (χ1n) is 9.72. The van der Waals surface area contributed by atoms with Crippen molar-refractivity contribution in [2.24, 2.45) is 0 Å². The van der Waals surface area contributed by atoms with Gasteiger partial charge in [-0.25, -0.2) is 0 Å². The van der Waals surface area contributed by atoms with Gasteiger partial charge in [-0.1, -0.05) is 37.5 Å². The molecule has 1 N–H and O–H groups in total. The van der Waals surface area contributed by atoms with Gasteiger partial charge < -0.3 is 19.7 Å². The minimum absolute atomic E-state index is 0.0243. The molecule has 0 atom stereocenters. The van der Waals surface area contributed by atoms with Crippen LogP contribution in [0.3, 0.4) is 0 Å². The third-order valence-electron chi connectivity index (χ3n) is 5.35. The molecule has 1 aliphatic heterocycles. The highest BCUT2D eigenvalue weighted by atomic mass is 16.7. The predicted molar refractivity (Wildman–Crippen MR) is 106 cm³/mol. The predicted octanol–water partition coefficient (Wildman–Crippen LogP) is 3.83. The number of amides is 2. The van der Waals surface area contributed by atoms with Gasteiger partial charge in [0.25, 0.3) is 5.91 Å². The number of ether oxygens (including phenoxy) is 2. The molecule has 0 unspecified atom stereocenters. The molecule has 0 aromatic heterocycles. The van der Waals surface area contributed by atoms with Crippen LogP contribution in [0.5, 0.6) is 11.5 Å². The lowest BCUT2D eigenvalue weighted by Gasteiger charge is -2.31. The number of nitrogens with one attached hydrogen (secondary N) is 1. The monoisotopic (exact) mass is 380 g/mol. The van der Waals surface area contributed by atoms with Crippen molar-refractivity contribution in [1.29, 1.82) is 0 Å². The van der Waals surface area contributed by atoms with Crippen LogP contribution in [-0.2, 0) is 4.79 Å². The molecular formula is C22H24N2O4. The Morgan fingerprint density at radius 2 is 1.64 bits per heavy atom. The number of hydrogen-bond acceptors (Lipinski definition) is 4. The maximum Gasteiger partial charge on any atom is 0.322 e. The zero-order chi connectivity index (χ0) is 19.5. The van der Waals surface area contributed by atoms with Gasteiger partial charge in [-0.05, 0) is 43.2 Å². The summed E-state index contributed by atoms with van der Waals surface area (Å²) in [5.41, 5.74) is 1.10. The molecule has 0 bridgehead atoms. The van der Waals surface area contributed by atoms with Crippen LogP contribution in [0.2, 0.25) is 0 Å². The molecule has 1 saturated carbocycles. The molecule has 146 valence electrons. The summed E-state index contributed by atoms with van der Waals surface area (Å²) in [7, 11) is 1.86. The molecule has 0 saturated heterocycles. The van der Waals surface area contributed by atoms with E-state index in [0.29, 0.717) is 28.8 Å². The second-order valence-electron chi connectivity index (χ2n) is 7.29. The fourth-order valence-electron chi connectivity index (χ4n) is 3.78. The molecule has 2 amide bonds. The number of rotatable bonds is 4. The Kier molecular flexibility index (Phi) is 5.19. The average molecular weight is 380 g/mol. The standard InChI is InChI=1S/C22H24N2O4/c1-24(17-10-3-2-4-11-17)21(26)15-8-7-9-16(14-15)23-20(25)22-27-18-12-5-6-13-19(18)28-22/h5-9,12-14,17,22H,2-4,10-11H2,1H3,(H,23,25). The highest BCUT2D eigenvalue weighted by Gasteiger charge is 2.30. The summed E-state index contributed by atoms with van der Waals surface area (Å²) in [6.07, 6.45) is 4.65. The van der Waals surface area contributed by atoms with Gasteiger partial charge in [0.05, 0.1) is 0 Å². The first-order valence-corrected chi connectivity index (χ1v) is 9.72. The smallest absolute Gasteiger partial charge is 0.322 e. The Labute approximate surface area is 164 Å².